The lowest BCUT2D eigenvalue weighted by molar-refractivity contribution is -0.139. The Morgan fingerprint density at radius 2 is 1.60 bits per heavy atom. The van der Waals surface area contributed by atoms with E-state index in [1.165, 1.54) is 36.1 Å². The third-order valence-electron chi connectivity index (χ3n) is 6.69. The normalized spacial score (nSPS) is 12.5. The van der Waals surface area contributed by atoms with Gasteiger partial charge in [-0.15, -0.1) is 0 Å². The van der Waals surface area contributed by atoms with Gasteiger partial charge in [0.05, 0.1) is 21.2 Å². The summed E-state index contributed by atoms with van der Waals surface area (Å²) in [6, 6.07) is 13.8. The minimum Gasteiger partial charge on any atom is -0.354 e. The van der Waals surface area contributed by atoms with Crippen LogP contribution in [-0.2, 0) is 32.3 Å². The number of amides is 2. The number of halogens is 5. The van der Waals surface area contributed by atoms with E-state index in [0.29, 0.717) is 33.9 Å². The molecule has 0 bridgehead atoms. The fourth-order valence-electron chi connectivity index (χ4n) is 4.16. The molecule has 1 N–H and O–H groups in total. The molecule has 0 saturated heterocycles. The zero-order chi connectivity index (χ0) is 31.9. The average Bonchev–Trinajstić information content (AvgIpc) is 2.95. The van der Waals surface area contributed by atoms with Crippen LogP contribution in [0.1, 0.15) is 43.4 Å². The molecule has 0 aromatic heterocycles. The highest BCUT2D eigenvalue weighted by molar-refractivity contribution is 7.92. The summed E-state index contributed by atoms with van der Waals surface area (Å²) >= 11 is 11.8. The third kappa shape index (κ3) is 8.87. The Kier molecular flexibility index (Phi) is 11.5. The summed E-state index contributed by atoms with van der Waals surface area (Å²) in [4.78, 5) is 27.9. The largest absolute Gasteiger partial charge is 0.417 e. The summed E-state index contributed by atoms with van der Waals surface area (Å²) in [5.41, 5.74) is -0.323. The summed E-state index contributed by atoms with van der Waals surface area (Å²) in [5, 5.41) is 2.59. The van der Waals surface area contributed by atoms with E-state index < -0.39 is 56.9 Å². The third-order valence-corrected chi connectivity index (χ3v) is 9.06. The lowest BCUT2D eigenvalue weighted by Crippen LogP contribution is -2.51. The van der Waals surface area contributed by atoms with Crippen molar-refractivity contribution in [3.63, 3.8) is 0 Å². The number of hydrogen-bond acceptors (Lipinski definition) is 4. The first-order chi connectivity index (χ1) is 20.1. The van der Waals surface area contributed by atoms with Crippen LogP contribution in [0.5, 0.6) is 0 Å². The number of nitrogens with zero attached hydrogens (tertiary/aromatic N) is 2. The monoisotopic (exact) mass is 657 g/mol. The van der Waals surface area contributed by atoms with E-state index in [-0.39, 0.29) is 11.4 Å². The van der Waals surface area contributed by atoms with Gasteiger partial charge in [0.15, 0.2) is 0 Å². The quantitative estimate of drug-likeness (QED) is 0.216. The number of benzene rings is 3. The van der Waals surface area contributed by atoms with E-state index in [1.807, 2.05) is 6.92 Å². The molecule has 2 amide bonds. The van der Waals surface area contributed by atoms with Gasteiger partial charge in [0.25, 0.3) is 10.0 Å². The van der Waals surface area contributed by atoms with Crippen LogP contribution in [0.3, 0.4) is 0 Å². The molecule has 0 saturated carbocycles. The highest BCUT2D eigenvalue weighted by atomic mass is 35.5. The topological polar surface area (TPSA) is 86.8 Å². The first-order valence-electron chi connectivity index (χ1n) is 13.4. The van der Waals surface area contributed by atoms with Crippen LogP contribution >= 0.6 is 23.2 Å². The summed E-state index contributed by atoms with van der Waals surface area (Å²) in [6.07, 6.45) is -3.35. The van der Waals surface area contributed by atoms with Gasteiger partial charge in [-0.3, -0.25) is 13.9 Å². The lowest BCUT2D eigenvalue weighted by Gasteiger charge is -2.32. The number of unbranched alkanes of at least 4 members (excludes halogenated alkanes) is 1. The number of carbonyl (C=O) groups excluding carboxylic acids is 2. The Hall–Kier alpha value is -3.28. The molecule has 0 fully saturated rings. The van der Waals surface area contributed by atoms with E-state index in [1.54, 1.807) is 31.2 Å². The second-order valence-corrected chi connectivity index (χ2v) is 12.7. The van der Waals surface area contributed by atoms with Gasteiger partial charge in [-0.1, -0.05) is 66.4 Å². The minimum atomic E-state index is -4.89. The van der Waals surface area contributed by atoms with Crippen LogP contribution in [0, 0.1) is 6.92 Å². The van der Waals surface area contributed by atoms with Crippen LogP contribution in [0.15, 0.2) is 71.6 Å². The van der Waals surface area contributed by atoms with Crippen molar-refractivity contribution in [2.75, 3.05) is 17.4 Å². The molecule has 0 heterocycles. The van der Waals surface area contributed by atoms with Crippen LogP contribution in [0.4, 0.5) is 18.9 Å². The molecule has 0 aliphatic carbocycles. The standard InChI is InChI=1S/C30H32Cl2F3N3O4S/c1-4-5-16-36-29(40)21(3)37(18-22-8-10-23(31)11-9-22)28(39)19-38(43(41,42)25-13-6-20(2)7-14-25)24-12-15-27(32)26(17-24)30(33,34)35/h6-15,17,21H,4-5,16,18-19H2,1-3H3,(H,36,40)/t21-/m0/s1. The first kappa shape index (κ1) is 34.2. The number of rotatable bonds is 12. The second kappa shape index (κ2) is 14.5. The van der Waals surface area contributed by atoms with Gasteiger partial charge in [-0.2, -0.15) is 13.2 Å². The zero-order valence-electron chi connectivity index (χ0n) is 23.8. The predicted molar refractivity (Wildman–Crippen MR) is 162 cm³/mol. The molecule has 13 heteroatoms. The molecule has 0 aliphatic heterocycles. The van der Waals surface area contributed by atoms with Crippen molar-refractivity contribution >= 4 is 50.7 Å². The fourth-order valence-corrected chi connectivity index (χ4v) is 5.91. The number of anilines is 1. The van der Waals surface area contributed by atoms with Gasteiger partial charge in [-0.05, 0) is 68.3 Å². The molecule has 3 aromatic rings. The molecule has 0 spiro atoms. The maximum atomic E-state index is 13.9. The first-order valence-corrected chi connectivity index (χ1v) is 15.6. The van der Waals surface area contributed by atoms with Gasteiger partial charge >= 0.3 is 6.18 Å². The molecular weight excluding hydrogens is 626 g/mol. The average molecular weight is 659 g/mol. The molecule has 0 radical (unpaired) electrons. The highest BCUT2D eigenvalue weighted by Gasteiger charge is 2.37. The summed E-state index contributed by atoms with van der Waals surface area (Å²) < 4.78 is 69.6. The van der Waals surface area contributed by atoms with Crippen LogP contribution in [0.25, 0.3) is 0 Å². The van der Waals surface area contributed by atoms with E-state index in [9.17, 15) is 31.2 Å². The summed E-state index contributed by atoms with van der Waals surface area (Å²) in [7, 11) is -4.56. The number of carbonyl (C=O) groups is 2. The van der Waals surface area contributed by atoms with Crippen LogP contribution in [0.2, 0.25) is 10.0 Å². The number of alkyl halides is 3. The van der Waals surface area contributed by atoms with E-state index in [4.69, 9.17) is 23.2 Å². The van der Waals surface area contributed by atoms with Gasteiger partial charge in [0, 0.05) is 18.1 Å². The molecule has 232 valence electrons. The maximum Gasteiger partial charge on any atom is 0.417 e. The number of hydrogen-bond donors (Lipinski definition) is 1. The van der Waals surface area contributed by atoms with E-state index in [0.717, 1.165) is 24.1 Å². The maximum absolute atomic E-state index is 13.9. The van der Waals surface area contributed by atoms with Gasteiger partial charge < -0.3 is 10.2 Å². The van der Waals surface area contributed by atoms with Gasteiger partial charge in [0.2, 0.25) is 11.8 Å². The Morgan fingerprint density at radius 1 is 0.977 bits per heavy atom. The minimum absolute atomic E-state index is 0.0921. The molecule has 3 rings (SSSR count). The fraction of sp³-hybridized carbons (Fsp3) is 0.333. The Balaban J connectivity index is 2.09. The number of sulfonamides is 1. The Labute approximate surface area is 259 Å². The van der Waals surface area contributed by atoms with Crippen molar-refractivity contribution in [3.05, 3.63) is 93.5 Å². The lowest BCUT2D eigenvalue weighted by atomic mass is 10.1. The summed E-state index contributed by atoms with van der Waals surface area (Å²) in [5.74, 6) is -1.28. The van der Waals surface area contributed by atoms with Crippen LogP contribution in [-0.4, -0.2) is 44.3 Å². The Bertz CT molecular complexity index is 1530. The van der Waals surface area contributed by atoms with E-state index >= 15 is 0 Å². The van der Waals surface area contributed by atoms with Crippen LogP contribution < -0.4 is 9.62 Å². The van der Waals surface area contributed by atoms with Gasteiger partial charge in [0.1, 0.15) is 12.6 Å². The van der Waals surface area contributed by atoms with Crippen molar-refractivity contribution in [2.45, 2.75) is 57.3 Å². The van der Waals surface area contributed by atoms with Crippen molar-refractivity contribution in [1.82, 2.24) is 10.2 Å². The smallest absolute Gasteiger partial charge is 0.354 e. The van der Waals surface area contributed by atoms with Crippen molar-refractivity contribution in [1.29, 1.82) is 0 Å². The second-order valence-electron chi connectivity index (χ2n) is 9.96. The molecule has 1 atom stereocenters. The SMILES string of the molecule is CCCCNC(=O)[C@H](C)N(Cc1ccc(Cl)cc1)C(=O)CN(c1ccc(Cl)c(C(F)(F)F)c1)S(=O)(=O)c1ccc(C)cc1. The van der Waals surface area contributed by atoms with Crippen molar-refractivity contribution in [2.24, 2.45) is 0 Å². The molecule has 0 aliphatic rings. The highest BCUT2D eigenvalue weighted by Crippen LogP contribution is 2.38. The Morgan fingerprint density at radius 3 is 2.19 bits per heavy atom. The molecule has 7 nitrogen and oxygen atoms in total. The summed E-state index contributed by atoms with van der Waals surface area (Å²) in [6.45, 7) is 4.59. The predicted octanol–water partition coefficient (Wildman–Crippen LogP) is 6.85. The molecule has 43 heavy (non-hydrogen) atoms. The van der Waals surface area contributed by atoms with Crippen molar-refractivity contribution in [3.8, 4) is 0 Å². The van der Waals surface area contributed by atoms with E-state index in [2.05, 4.69) is 5.32 Å². The van der Waals surface area contributed by atoms with Gasteiger partial charge in [-0.25, -0.2) is 8.42 Å². The number of aryl methyl sites for hydroxylation is 1. The zero-order valence-corrected chi connectivity index (χ0v) is 26.1. The van der Waals surface area contributed by atoms with Crippen molar-refractivity contribution < 1.29 is 31.2 Å². The molecule has 3 aromatic carbocycles. The molecular formula is C30H32Cl2F3N3O4S. The number of nitrogens with one attached hydrogen (secondary N) is 1. The molecule has 0 unspecified atom stereocenters.